The molecule has 0 radical (unpaired) electrons. The minimum absolute atomic E-state index is 0.0702. The van der Waals surface area contributed by atoms with E-state index in [-0.39, 0.29) is 15.6 Å². The molecule has 0 aromatic heterocycles. The van der Waals surface area contributed by atoms with Crippen molar-refractivity contribution >= 4 is 27.0 Å². The lowest BCUT2D eigenvalue weighted by molar-refractivity contribution is 0.162. The van der Waals surface area contributed by atoms with Crippen LogP contribution in [0.4, 0.5) is 0 Å². The van der Waals surface area contributed by atoms with Gasteiger partial charge in [-0.3, -0.25) is 0 Å². The molecule has 5 nitrogen and oxygen atoms in total. The van der Waals surface area contributed by atoms with Crippen molar-refractivity contribution in [2.45, 2.75) is 17.4 Å². The lowest BCUT2D eigenvalue weighted by atomic mass is 10.2. The summed E-state index contributed by atoms with van der Waals surface area (Å²) in [6, 6.07) is 6.80. The Morgan fingerprint density at radius 2 is 2.29 bits per heavy atom. The molecular formula is C14H20N2O3S2. The number of hydrogen-bond acceptors (Lipinski definition) is 5. The first-order valence-electron chi connectivity index (χ1n) is 6.81. The lowest BCUT2D eigenvalue weighted by Crippen LogP contribution is -2.35. The average Bonchev–Trinajstić information content (AvgIpc) is 2.99. The molecule has 1 aliphatic heterocycles. The Bertz CT molecular complexity index is 610. The molecule has 0 amide bonds. The predicted octanol–water partition coefficient (Wildman–Crippen LogP) is 0.815. The molecule has 1 unspecified atom stereocenters. The molecule has 1 aliphatic rings. The van der Waals surface area contributed by atoms with E-state index < -0.39 is 9.84 Å². The topological polar surface area (TPSA) is 72.6 Å². The van der Waals surface area contributed by atoms with Crippen molar-refractivity contribution in [3.63, 3.8) is 0 Å². The van der Waals surface area contributed by atoms with Gasteiger partial charge < -0.3 is 15.4 Å². The zero-order valence-electron chi connectivity index (χ0n) is 12.0. The minimum atomic E-state index is -3.34. The van der Waals surface area contributed by atoms with Crippen LogP contribution in [-0.2, 0) is 14.6 Å². The summed E-state index contributed by atoms with van der Waals surface area (Å²) >= 11 is 4.88. The molecule has 7 heteroatoms. The lowest BCUT2D eigenvalue weighted by Gasteiger charge is -2.22. The molecule has 2 N–H and O–H groups in total. The van der Waals surface area contributed by atoms with Crippen LogP contribution in [0.25, 0.3) is 0 Å². The second-order valence-corrected chi connectivity index (χ2v) is 7.76. The summed E-state index contributed by atoms with van der Waals surface area (Å²) in [7, 11) is -1.41. The number of rotatable bonds is 6. The van der Waals surface area contributed by atoms with E-state index in [1.807, 2.05) is 11.9 Å². The zero-order chi connectivity index (χ0) is 15.5. The Hall–Kier alpha value is -1.02. The molecule has 1 heterocycles. The van der Waals surface area contributed by atoms with Crippen LogP contribution in [0.2, 0.25) is 0 Å². The molecular weight excluding hydrogens is 308 g/mol. The molecule has 2 rings (SSSR count). The third-order valence-electron chi connectivity index (χ3n) is 3.72. The fourth-order valence-electron chi connectivity index (χ4n) is 2.28. The van der Waals surface area contributed by atoms with Gasteiger partial charge in [0.2, 0.25) is 0 Å². The standard InChI is InChI=1S/C14H20N2O3S2/c1-16(12-5-7-19-10-12)6-8-21(17,18)13-4-2-3-11(9-13)14(15)20/h2-4,9,12H,5-8,10H2,1H3,(H2,15,20). The van der Waals surface area contributed by atoms with Gasteiger partial charge in [-0.25, -0.2) is 8.42 Å². The molecule has 1 fully saturated rings. The van der Waals surface area contributed by atoms with E-state index >= 15 is 0 Å². The molecule has 0 bridgehead atoms. The fourth-order valence-corrected chi connectivity index (χ4v) is 3.76. The maximum atomic E-state index is 12.4. The molecule has 116 valence electrons. The monoisotopic (exact) mass is 328 g/mol. The number of benzene rings is 1. The molecule has 0 saturated carbocycles. The van der Waals surface area contributed by atoms with Crippen molar-refractivity contribution < 1.29 is 13.2 Å². The Kier molecular flexibility index (Phi) is 5.32. The fraction of sp³-hybridized carbons (Fsp3) is 0.500. The highest BCUT2D eigenvalue weighted by Crippen LogP contribution is 2.15. The van der Waals surface area contributed by atoms with Gasteiger partial charge in [-0.05, 0) is 25.6 Å². The first kappa shape index (κ1) is 16.4. The van der Waals surface area contributed by atoms with Crippen LogP contribution in [0.3, 0.4) is 0 Å². The summed E-state index contributed by atoms with van der Waals surface area (Å²) in [4.78, 5) is 2.51. The molecule has 1 aromatic rings. The van der Waals surface area contributed by atoms with Gasteiger partial charge in [0, 0.05) is 24.8 Å². The number of ether oxygens (including phenoxy) is 1. The first-order chi connectivity index (χ1) is 9.90. The summed E-state index contributed by atoms with van der Waals surface area (Å²) < 4.78 is 30.1. The van der Waals surface area contributed by atoms with Crippen LogP contribution >= 0.6 is 12.2 Å². The minimum Gasteiger partial charge on any atom is -0.389 e. The first-order valence-corrected chi connectivity index (χ1v) is 8.87. The van der Waals surface area contributed by atoms with E-state index in [4.69, 9.17) is 22.7 Å². The highest BCUT2D eigenvalue weighted by atomic mass is 32.2. The van der Waals surface area contributed by atoms with Gasteiger partial charge >= 0.3 is 0 Å². The van der Waals surface area contributed by atoms with E-state index in [1.54, 1.807) is 18.2 Å². The van der Waals surface area contributed by atoms with Gasteiger partial charge in [0.25, 0.3) is 0 Å². The number of likely N-dealkylation sites (N-methyl/N-ethyl adjacent to an activating group) is 1. The summed E-state index contributed by atoms with van der Waals surface area (Å²) in [5.41, 5.74) is 6.12. The van der Waals surface area contributed by atoms with Crippen molar-refractivity contribution in [2.24, 2.45) is 5.73 Å². The maximum absolute atomic E-state index is 12.4. The Morgan fingerprint density at radius 3 is 2.90 bits per heavy atom. The summed E-state index contributed by atoms with van der Waals surface area (Å²) in [5, 5.41) is 0. The van der Waals surface area contributed by atoms with Gasteiger partial charge in [-0.2, -0.15) is 0 Å². The zero-order valence-corrected chi connectivity index (χ0v) is 13.6. The number of thiocarbonyl (C=S) groups is 1. The molecule has 1 atom stereocenters. The van der Waals surface area contributed by atoms with E-state index in [2.05, 4.69) is 0 Å². The number of hydrogen-bond donors (Lipinski definition) is 1. The van der Waals surface area contributed by atoms with Gasteiger partial charge in [0.05, 0.1) is 17.3 Å². The Labute approximate surface area is 131 Å². The van der Waals surface area contributed by atoms with E-state index in [0.717, 1.165) is 13.0 Å². The van der Waals surface area contributed by atoms with E-state index in [0.29, 0.717) is 24.8 Å². The highest BCUT2D eigenvalue weighted by molar-refractivity contribution is 7.91. The summed E-state index contributed by atoms with van der Waals surface area (Å²) in [5.74, 6) is 0.0702. The normalized spacial score (nSPS) is 19.0. The van der Waals surface area contributed by atoms with Crippen LogP contribution in [0.1, 0.15) is 12.0 Å². The van der Waals surface area contributed by atoms with E-state index in [9.17, 15) is 8.42 Å². The largest absolute Gasteiger partial charge is 0.389 e. The second kappa shape index (κ2) is 6.83. The number of nitrogens with zero attached hydrogens (tertiary/aromatic N) is 1. The van der Waals surface area contributed by atoms with Gasteiger partial charge in [0.15, 0.2) is 9.84 Å². The number of nitrogens with two attached hydrogens (primary N) is 1. The van der Waals surface area contributed by atoms with Crippen molar-refractivity contribution in [2.75, 3.05) is 32.6 Å². The number of sulfone groups is 1. The summed E-state index contributed by atoms with van der Waals surface area (Å²) in [6.45, 7) is 1.90. The SMILES string of the molecule is CN(CCS(=O)(=O)c1cccc(C(N)=S)c1)C1CCOC1. The van der Waals surface area contributed by atoms with Crippen LogP contribution in [0.5, 0.6) is 0 Å². The second-order valence-electron chi connectivity index (χ2n) is 5.21. The molecule has 0 spiro atoms. The molecule has 1 saturated heterocycles. The average molecular weight is 328 g/mol. The van der Waals surface area contributed by atoms with Crippen LogP contribution < -0.4 is 5.73 Å². The van der Waals surface area contributed by atoms with Crippen LogP contribution in [-0.4, -0.2) is 56.9 Å². The quantitative estimate of drug-likeness (QED) is 0.779. The van der Waals surface area contributed by atoms with Crippen molar-refractivity contribution in [3.8, 4) is 0 Å². The highest BCUT2D eigenvalue weighted by Gasteiger charge is 2.22. The van der Waals surface area contributed by atoms with Crippen molar-refractivity contribution in [1.29, 1.82) is 0 Å². The van der Waals surface area contributed by atoms with Crippen molar-refractivity contribution in [3.05, 3.63) is 29.8 Å². The predicted molar refractivity (Wildman–Crippen MR) is 86.2 cm³/mol. The van der Waals surface area contributed by atoms with Gasteiger partial charge in [0.1, 0.15) is 4.99 Å². The Balaban J connectivity index is 2.04. The molecule has 0 aliphatic carbocycles. The third kappa shape index (κ3) is 4.23. The van der Waals surface area contributed by atoms with Gasteiger partial charge in [-0.15, -0.1) is 0 Å². The molecule has 1 aromatic carbocycles. The van der Waals surface area contributed by atoms with E-state index in [1.165, 1.54) is 6.07 Å². The van der Waals surface area contributed by atoms with Crippen LogP contribution in [0, 0.1) is 0 Å². The third-order valence-corrected chi connectivity index (χ3v) is 5.65. The maximum Gasteiger partial charge on any atom is 0.179 e. The molecule has 21 heavy (non-hydrogen) atoms. The van der Waals surface area contributed by atoms with Gasteiger partial charge in [-0.1, -0.05) is 24.4 Å². The van der Waals surface area contributed by atoms with Crippen LogP contribution in [0.15, 0.2) is 29.2 Å². The smallest absolute Gasteiger partial charge is 0.179 e. The Morgan fingerprint density at radius 1 is 1.52 bits per heavy atom. The van der Waals surface area contributed by atoms with Crippen molar-refractivity contribution in [1.82, 2.24) is 4.90 Å². The summed E-state index contributed by atoms with van der Waals surface area (Å²) in [6.07, 6.45) is 0.952.